The van der Waals surface area contributed by atoms with Gasteiger partial charge in [-0.15, -0.1) is 11.8 Å². The summed E-state index contributed by atoms with van der Waals surface area (Å²) in [7, 11) is 0. The van der Waals surface area contributed by atoms with Crippen molar-refractivity contribution in [1.82, 2.24) is 15.8 Å². The third-order valence-electron chi connectivity index (χ3n) is 4.83. The van der Waals surface area contributed by atoms with Gasteiger partial charge in [-0.3, -0.25) is 19.2 Å². The first-order valence-corrected chi connectivity index (χ1v) is 11.5. The summed E-state index contributed by atoms with van der Waals surface area (Å²) in [6, 6.07) is 0. The highest BCUT2D eigenvalue weighted by molar-refractivity contribution is 8.04. The van der Waals surface area contributed by atoms with Gasteiger partial charge >= 0.3 is 5.97 Å². The van der Waals surface area contributed by atoms with Crippen LogP contribution in [-0.4, -0.2) is 82.9 Å². The molecular formula is C21H27N3O9S. The number of fused-ring (bicyclic) bond motifs is 1. The fourth-order valence-corrected chi connectivity index (χ4v) is 3.69. The van der Waals surface area contributed by atoms with Gasteiger partial charge in [0.2, 0.25) is 34.8 Å². The van der Waals surface area contributed by atoms with E-state index in [-0.39, 0.29) is 66.3 Å². The Morgan fingerprint density at radius 2 is 1.91 bits per heavy atom. The van der Waals surface area contributed by atoms with Crippen molar-refractivity contribution in [2.45, 2.75) is 33.3 Å². The molecule has 0 radical (unpaired) electrons. The summed E-state index contributed by atoms with van der Waals surface area (Å²) in [4.78, 5) is 60.8. The summed E-state index contributed by atoms with van der Waals surface area (Å²) in [5, 5.41) is 27.6. The maximum Gasteiger partial charge on any atom is 0.361 e. The molecule has 34 heavy (non-hydrogen) atoms. The van der Waals surface area contributed by atoms with Gasteiger partial charge in [0.25, 0.3) is 0 Å². The minimum atomic E-state index is -1.40. The van der Waals surface area contributed by atoms with Gasteiger partial charge in [0.05, 0.1) is 18.1 Å². The number of esters is 1. The van der Waals surface area contributed by atoms with Crippen molar-refractivity contribution in [2.24, 2.45) is 5.41 Å². The number of Topliss-reactive ketones (excluding diaryl/α,β-unsaturated/α-hetero) is 1. The monoisotopic (exact) mass is 497 g/mol. The number of ketones is 2. The molecule has 0 unspecified atom stereocenters. The normalized spacial score (nSPS) is 14.2. The molecule has 0 fully saturated rings. The van der Waals surface area contributed by atoms with Crippen molar-refractivity contribution < 1.29 is 43.4 Å². The molecule has 0 bridgehead atoms. The van der Waals surface area contributed by atoms with Crippen LogP contribution in [0.2, 0.25) is 0 Å². The third kappa shape index (κ3) is 6.52. The molecule has 12 nitrogen and oxygen atoms in total. The predicted molar refractivity (Wildman–Crippen MR) is 119 cm³/mol. The van der Waals surface area contributed by atoms with E-state index in [1.165, 1.54) is 13.8 Å². The standard InChI is InChI=1S/C21H27N3O9S/c1-4-32-20(31)15-14-16(28)12(9-11(26)17(14)33-24-15)34-8-5-13(27)22-6-7-23-19(30)18(29)21(2,3)10-25/h9,18,25,29H,4-8,10H2,1-3H3,(H,22,27)(H,23,30)/t18-/m0/s1. The highest BCUT2D eigenvalue weighted by atomic mass is 32.2. The van der Waals surface area contributed by atoms with Gasteiger partial charge in [-0.05, 0) is 6.92 Å². The molecule has 0 spiro atoms. The Kier molecular flexibility index (Phi) is 9.53. The van der Waals surface area contributed by atoms with Crippen molar-refractivity contribution in [1.29, 1.82) is 0 Å². The maximum absolute atomic E-state index is 12.7. The molecule has 4 N–H and O–H groups in total. The van der Waals surface area contributed by atoms with Gasteiger partial charge in [0.1, 0.15) is 11.7 Å². The van der Waals surface area contributed by atoms with Crippen molar-refractivity contribution in [3.63, 3.8) is 0 Å². The number of hydrogen-bond donors (Lipinski definition) is 4. The molecule has 1 aromatic heterocycles. The fraction of sp³-hybridized carbons (Fsp3) is 0.524. The van der Waals surface area contributed by atoms with Gasteiger partial charge in [-0.2, -0.15) is 0 Å². The fourth-order valence-electron chi connectivity index (χ4n) is 2.76. The number of aliphatic hydroxyl groups excluding tert-OH is 2. The Labute approximate surface area is 199 Å². The quantitative estimate of drug-likeness (QED) is 0.222. The van der Waals surface area contributed by atoms with Crippen LogP contribution in [0.15, 0.2) is 15.5 Å². The summed E-state index contributed by atoms with van der Waals surface area (Å²) in [6.07, 6.45) is -0.315. The van der Waals surface area contributed by atoms with Gasteiger partial charge in [0.15, 0.2) is 0 Å². The Hall–Kier alpha value is -3.03. The molecule has 2 amide bonds. The van der Waals surface area contributed by atoms with Crippen LogP contribution in [0.25, 0.3) is 0 Å². The number of amides is 2. The predicted octanol–water partition coefficient (Wildman–Crippen LogP) is -0.151. The van der Waals surface area contributed by atoms with Crippen LogP contribution < -0.4 is 10.6 Å². The summed E-state index contributed by atoms with van der Waals surface area (Å²) in [6.45, 7) is 4.52. The number of rotatable bonds is 12. The molecule has 1 atom stereocenters. The number of carbonyl (C=O) groups excluding carboxylic acids is 5. The molecule has 0 saturated heterocycles. The van der Waals surface area contributed by atoms with E-state index in [0.717, 1.165) is 17.8 Å². The number of thioether (sulfide) groups is 1. The molecule has 1 aromatic rings. The van der Waals surface area contributed by atoms with Crippen molar-refractivity contribution in [3.8, 4) is 0 Å². The minimum Gasteiger partial charge on any atom is -0.461 e. The van der Waals surface area contributed by atoms with Crippen LogP contribution >= 0.6 is 11.8 Å². The molecule has 186 valence electrons. The zero-order valence-corrected chi connectivity index (χ0v) is 19.8. The molecule has 1 aliphatic carbocycles. The van der Waals surface area contributed by atoms with Gasteiger partial charge in [0, 0.05) is 36.8 Å². The van der Waals surface area contributed by atoms with Crippen LogP contribution in [0.5, 0.6) is 0 Å². The smallest absolute Gasteiger partial charge is 0.361 e. The van der Waals surface area contributed by atoms with Crippen molar-refractivity contribution in [2.75, 3.05) is 32.1 Å². The van der Waals surface area contributed by atoms with E-state index in [0.29, 0.717) is 0 Å². The molecule has 13 heteroatoms. The van der Waals surface area contributed by atoms with E-state index < -0.39 is 35.0 Å². The van der Waals surface area contributed by atoms with E-state index in [1.807, 2.05) is 0 Å². The molecule has 0 aliphatic heterocycles. The van der Waals surface area contributed by atoms with E-state index in [1.54, 1.807) is 6.92 Å². The number of allylic oxidation sites excluding steroid dienone is 2. The lowest BCUT2D eigenvalue weighted by atomic mass is 9.87. The number of hydrogen-bond acceptors (Lipinski definition) is 11. The first-order chi connectivity index (χ1) is 16.0. The molecule has 1 heterocycles. The second kappa shape index (κ2) is 11.9. The highest BCUT2D eigenvalue weighted by Gasteiger charge is 2.36. The first-order valence-electron chi connectivity index (χ1n) is 10.5. The largest absolute Gasteiger partial charge is 0.461 e. The summed E-state index contributed by atoms with van der Waals surface area (Å²) >= 11 is 0.973. The van der Waals surface area contributed by atoms with Crippen LogP contribution in [-0.2, 0) is 14.3 Å². The molecule has 1 aliphatic rings. The third-order valence-corrected chi connectivity index (χ3v) is 5.85. The van der Waals surface area contributed by atoms with E-state index in [9.17, 15) is 34.2 Å². The van der Waals surface area contributed by atoms with Crippen LogP contribution in [0, 0.1) is 5.41 Å². The average Bonchev–Trinajstić information content (AvgIpc) is 3.25. The Bertz CT molecular complexity index is 1000. The second-order valence-corrected chi connectivity index (χ2v) is 9.08. The molecule has 0 aromatic carbocycles. The van der Waals surface area contributed by atoms with Gasteiger partial charge in [-0.1, -0.05) is 19.0 Å². The van der Waals surface area contributed by atoms with Crippen molar-refractivity contribution in [3.05, 3.63) is 28.0 Å². The van der Waals surface area contributed by atoms with E-state index in [2.05, 4.69) is 15.8 Å². The summed E-state index contributed by atoms with van der Waals surface area (Å²) in [5.41, 5.74) is -1.62. The molecule has 0 saturated carbocycles. The first kappa shape index (κ1) is 27.2. The topological polar surface area (TPSA) is 185 Å². The summed E-state index contributed by atoms with van der Waals surface area (Å²) < 4.78 is 9.67. The lowest BCUT2D eigenvalue weighted by Gasteiger charge is -2.27. The minimum absolute atomic E-state index is 0.0127. The number of ether oxygens (including phenoxy) is 1. The lowest BCUT2D eigenvalue weighted by molar-refractivity contribution is -0.137. The number of aliphatic hydroxyl groups is 2. The zero-order chi connectivity index (χ0) is 25.5. The molecular weight excluding hydrogens is 470 g/mol. The van der Waals surface area contributed by atoms with E-state index >= 15 is 0 Å². The number of nitrogens with zero attached hydrogens (tertiary/aromatic N) is 1. The maximum atomic E-state index is 12.7. The van der Waals surface area contributed by atoms with E-state index in [4.69, 9.17) is 9.26 Å². The number of carbonyl (C=O) groups is 5. The van der Waals surface area contributed by atoms with Crippen LogP contribution in [0.3, 0.4) is 0 Å². The van der Waals surface area contributed by atoms with Crippen LogP contribution in [0.4, 0.5) is 0 Å². The zero-order valence-electron chi connectivity index (χ0n) is 19.0. The Balaban J connectivity index is 1.79. The Morgan fingerprint density at radius 1 is 1.24 bits per heavy atom. The second-order valence-electron chi connectivity index (χ2n) is 7.95. The van der Waals surface area contributed by atoms with Gasteiger partial charge < -0.3 is 30.1 Å². The summed E-state index contributed by atoms with van der Waals surface area (Å²) in [5.74, 6) is -3.29. The van der Waals surface area contributed by atoms with Gasteiger partial charge in [-0.25, -0.2) is 4.79 Å². The SMILES string of the molecule is CCOC(=O)c1noc2c1C(=O)C(SCCC(=O)NCCNC(=O)[C@H](O)C(C)(C)CO)=CC2=O. The average molecular weight is 498 g/mol. The van der Waals surface area contributed by atoms with Crippen molar-refractivity contribution >= 4 is 41.1 Å². The Morgan fingerprint density at radius 3 is 2.56 bits per heavy atom. The lowest BCUT2D eigenvalue weighted by Crippen LogP contribution is -2.47. The highest BCUT2D eigenvalue weighted by Crippen LogP contribution is 2.31. The van der Waals surface area contributed by atoms with Crippen LogP contribution in [0.1, 0.15) is 58.6 Å². The molecule has 2 rings (SSSR count). The number of nitrogens with one attached hydrogen (secondary N) is 2. The number of aromatic nitrogens is 1.